The van der Waals surface area contributed by atoms with Gasteiger partial charge in [-0.3, -0.25) is 9.78 Å². The number of nitrogens with two attached hydrogens (primary N) is 1. The zero-order valence-electron chi connectivity index (χ0n) is 17.5. The first-order valence-electron chi connectivity index (χ1n) is 9.84. The number of hydrogen-bond donors (Lipinski definition) is 4. The molecular formula is C23H25N3O5. The Labute approximate surface area is 179 Å². The number of ether oxygens (including phenoxy) is 1. The Morgan fingerprint density at radius 2 is 1.87 bits per heavy atom. The standard InChI is InChI=1S/C23H25N3O5/c1-12(2)16(26-22(28)14-7-4-5-9-17(14)27)11-31-18-10-6-8-15-20(18)21(24)19(23(29)30)13(3)25-15/h4-10,12,16,27H,11H2,1-3H3,(H2,24,25)(H,26,28)(H,29,30). The normalized spacial score (nSPS) is 12.0. The number of anilines is 1. The zero-order chi connectivity index (χ0) is 22.7. The highest BCUT2D eigenvalue weighted by atomic mass is 16.5. The van der Waals surface area contributed by atoms with Gasteiger partial charge in [-0.1, -0.05) is 32.0 Å². The van der Waals surface area contributed by atoms with Gasteiger partial charge in [-0.25, -0.2) is 4.79 Å². The van der Waals surface area contributed by atoms with Crippen LogP contribution in [0.5, 0.6) is 11.5 Å². The van der Waals surface area contributed by atoms with E-state index in [2.05, 4.69) is 10.3 Å². The van der Waals surface area contributed by atoms with E-state index in [4.69, 9.17) is 10.5 Å². The second kappa shape index (κ2) is 8.91. The molecule has 162 valence electrons. The molecule has 0 saturated heterocycles. The lowest BCUT2D eigenvalue weighted by Crippen LogP contribution is -2.42. The molecule has 1 atom stereocenters. The van der Waals surface area contributed by atoms with E-state index in [1.165, 1.54) is 12.1 Å². The molecule has 0 aliphatic carbocycles. The molecule has 2 aromatic carbocycles. The number of phenols is 1. The number of rotatable bonds is 7. The number of aryl methyl sites for hydroxylation is 1. The van der Waals surface area contributed by atoms with Crippen LogP contribution in [0.25, 0.3) is 10.9 Å². The topological polar surface area (TPSA) is 135 Å². The number of benzene rings is 2. The molecule has 1 aromatic heterocycles. The lowest BCUT2D eigenvalue weighted by molar-refractivity contribution is 0.0696. The maximum absolute atomic E-state index is 12.6. The van der Waals surface area contributed by atoms with Crippen LogP contribution >= 0.6 is 0 Å². The van der Waals surface area contributed by atoms with E-state index in [1.807, 2.05) is 13.8 Å². The minimum Gasteiger partial charge on any atom is -0.507 e. The molecular weight excluding hydrogens is 398 g/mol. The Bertz CT molecular complexity index is 1140. The summed E-state index contributed by atoms with van der Waals surface area (Å²) in [6.07, 6.45) is 0. The SMILES string of the molecule is Cc1nc2cccc(OCC(NC(=O)c3ccccc3O)C(C)C)c2c(N)c1C(=O)O. The van der Waals surface area contributed by atoms with Crippen LogP contribution < -0.4 is 15.8 Å². The fraction of sp³-hybridized carbons (Fsp3) is 0.261. The number of pyridine rings is 1. The van der Waals surface area contributed by atoms with Gasteiger partial charge < -0.3 is 26.0 Å². The first-order chi connectivity index (χ1) is 14.7. The molecule has 0 aliphatic rings. The lowest BCUT2D eigenvalue weighted by atomic mass is 10.0. The number of nitrogens with zero attached hydrogens (tertiary/aromatic N) is 1. The molecule has 1 unspecified atom stereocenters. The van der Waals surface area contributed by atoms with E-state index in [-0.39, 0.29) is 41.1 Å². The Hall–Kier alpha value is -3.81. The van der Waals surface area contributed by atoms with E-state index in [0.717, 1.165) is 0 Å². The number of carboxylic acid groups (broad SMARTS) is 1. The summed E-state index contributed by atoms with van der Waals surface area (Å²) in [6.45, 7) is 5.58. The highest BCUT2D eigenvalue weighted by Crippen LogP contribution is 2.33. The minimum atomic E-state index is -1.16. The van der Waals surface area contributed by atoms with Gasteiger partial charge in [0.05, 0.1) is 33.9 Å². The monoisotopic (exact) mass is 423 g/mol. The first-order valence-corrected chi connectivity index (χ1v) is 9.84. The van der Waals surface area contributed by atoms with Crippen molar-refractivity contribution in [2.45, 2.75) is 26.8 Å². The molecule has 3 aromatic rings. The van der Waals surface area contributed by atoms with Gasteiger partial charge >= 0.3 is 5.97 Å². The fourth-order valence-electron chi connectivity index (χ4n) is 3.32. The highest BCUT2D eigenvalue weighted by molar-refractivity contribution is 6.06. The van der Waals surface area contributed by atoms with Crippen molar-refractivity contribution in [2.24, 2.45) is 5.92 Å². The number of aromatic nitrogens is 1. The van der Waals surface area contributed by atoms with Crippen LogP contribution in [0.15, 0.2) is 42.5 Å². The minimum absolute atomic E-state index is 0.0251. The number of aromatic hydroxyl groups is 1. The molecule has 0 fully saturated rings. The molecule has 3 rings (SSSR count). The molecule has 1 heterocycles. The van der Waals surface area contributed by atoms with Gasteiger partial charge in [-0.2, -0.15) is 0 Å². The Kier molecular flexibility index (Phi) is 6.29. The molecule has 0 radical (unpaired) electrons. The molecule has 0 aliphatic heterocycles. The average Bonchev–Trinajstić information content (AvgIpc) is 2.70. The average molecular weight is 423 g/mol. The van der Waals surface area contributed by atoms with Crippen molar-refractivity contribution in [3.8, 4) is 11.5 Å². The molecule has 0 bridgehead atoms. The highest BCUT2D eigenvalue weighted by Gasteiger charge is 2.22. The zero-order valence-corrected chi connectivity index (χ0v) is 17.5. The van der Waals surface area contributed by atoms with Crippen LogP contribution in [-0.4, -0.2) is 39.7 Å². The number of nitrogens with one attached hydrogen (secondary N) is 1. The molecule has 31 heavy (non-hydrogen) atoms. The van der Waals surface area contributed by atoms with E-state index in [0.29, 0.717) is 22.3 Å². The predicted octanol–water partition coefficient (Wildman–Crippen LogP) is 3.36. The second-order valence-electron chi connectivity index (χ2n) is 7.59. The summed E-state index contributed by atoms with van der Waals surface area (Å²) in [5.74, 6) is -1.27. The predicted molar refractivity (Wildman–Crippen MR) is 118 cm³/mol. The Balaban J connectivity index is 1.87. The second-order valence-corrected chi connectivity index (χ2v) is 7.59. The summed E-state index contributed by atoms with van der Waals surface area (Å²) < 4.78 is 5.98. The lowest BCUT2D eigenvalue weighted by Gasteiger charge is -2.23. The van der Waals surface area contributed by atoms with Gasteiger partial charge in [0.15, 0.2) is 0 Å². The third kappa shape index (κ3) is 4.53. The van der Waals surface area contributed by atoms with Crippen molar-refractivity contribution in [3.63, 3.8) is 0 Å². The van der Waals surface area contributed by atoms with Crippen molar-refractivity contribution < 1.29 is 24.5 Å². The quantitative estimate of drug-likeness (QED) is 0.458. The van der Waals surface area contributed by atoms with Crippen LogP contribution in [0.4, 0.5) is 5.69 Å². The number of carbonyl (C=O) groups is 2. The number of aromatic carboxylic acids is 1. The number of carboxylic acids is 1. The summed E-state index contributed by atoms with van der Waals surface area (Å²) in [4.78, 5) is 28.5. The van der Waals surface area contributed by atoms with Crippen molar-refractivity contribution in [1.29, 1.82) is 0 Å². The third-order valence-electron chi connectivity index (χ3n) is 5.10. The maximum Gasteiger partial charge on any atom is 0.339 e. The van der Waals surface area contributed by atoms with Gasteiger partial charge in [0.1, 0.15) is 23.7 Å². The van der Waals surface area contributed by atoms with Crippen LogP contribution in [-0.2, 0) is 0 Å². The summed E-state index contributed by atoms with van der Waals surface area (Å²) in [6, 6.07) is 11.1. The largest absolute Gasteiger partial charge is 0.507 e. The summed E-state index contributed by atoms with van der Waals surface area (Å²) >= 11 is 0. The van der Waals surface area contributed by atoms with Crippen LogP contribution in [0.3, 0.4) is 0 Å². The Morgan fingerprint density at radius 1 is 1.16 bits per heavy atom. The number of amides is 1. The summed E-state index contributed by atoms with van der Waals surface area (Å²) in [7, 11) is 0. The summed E-state index contributed by atoms with van der Waals surface area (Å²) in [5.41, 5.74) is 7.22. The number of phenolic OH excluding ortho intramolecular Hbond substituents is 1. The number of carbonyl (C=O) groups excluding carboxylic acids is 1. The van der Waals surface area contributed by atoms with Gasteiger partial charge in [0.25, 0.3) is 5.91 Å². The van der Waals surface area contributed by atoms with Gasteiger partial charge in [0, 0.05) is 0 Å². The molecule has 0 spiro atoms. The molecule has 0 saturated carbocycles. The van der Waals surface area contributed by atoms with Crippen LogP contribution in [0.1, 0.15) is 40.3 Å². The maximum atomic E-state index is 12.6. The van der Waals surface area contributed by atoms with E-state index < -0.39 is 11.9 Å². The van der Waals surface area contributed by atoms with Crippen molar-refractivity contribution in [3.05, 3.63) is 59.3 Å². The number of hydrogen-bond acceptors (Lipinski definition) is 6. The van der Waals surface area contributed by atoms with Gasteiger partial charge in [-0.05, 0) is 37.1 Å². The summed E-state index contributed by atoms with van der Waals surface area (Å²) in [5, 5.41) is 22.7. The number of fused-ring (bicyclic) bond motifs is 1. The number of para-hydroxylation sites is 1. The fourth-order valence-corrected chi connectivity index (χ4v) is 3.32. The first kappa shape index (κ1) is 21.9. The van der Waals surface area contributed by atoms with Crippen molar-refractivity contribution in [2.75, 3.05) is 12.3 Å². The van der Waals surface area contributed by atoms with E-state index in [1.54, 1.807) is 37.3 Å². The molecule has 8 heteroatoms. The van der Waals surface area contributed by atoms with E-state index >= 15 is 0 Å². The molecule has 5 N–H and O–H groups in total. The van der Waals surface area contributed by atoms with E-state index in [9.17, 15) is 19.8 Å². The third-order valence-corrected chi connectivity index (χ3v) is 5.10. The van der Waals surface area contributed by atoms with Crippen LogP contribution in [0, 0.1) is 12.8 Å². The van der Waals surface area contributed by atoms with Gasteiger partial charge in [-0.15, -0.1) is 0 Å². The number of nitrogen functional groups attached to an aromatic ring is 1. The molecule has 8 nitrogen and oxygen atoms in total. The van der Waals surface area contributed by atoms with Crippen molar-refractivity contribution >= 4 is 28.5 Å². The van der Waals surface area contributed by atoms with Crippen molar-refractivity contribution in [1.82, 2.24) is 10.3 Å². The van der Waals surface area contributed by atoms with Gasteiger partial charge in [0.2, 0.25) is 0 Å². The smallest absolute Gasteiger partial charge is 0.339 e. The molecule has 1 amide bonds. The van der Waals surface area contributed by atoms with Crippen LogP contribution in [0.2, 0.25) is 0 Å². The Morgan fingerprint density at radius 3 is 2.52 bits per heavy atom.